The first-order valence-corrected chi connectivity index (χ1v) is 8.09. The van der Waals surface area contributed by atoms with Crippen molar-refractivity contribution in [3.63, 3.8) is 0 Å². The molecule has 2 N–H and O–H groups in total. The third-order valence-electron chi connectivity index (χ3n) is 4.58. The van der Waals surface area contributed by atoms with E-state index in [0.717, 1.165) is 45.6 Å². The fraction of sp³-hybridized carbons (Fsp3) is 0.588. The molecule has 2 aliphatic heterocycles. The first-order chi connectivity index (χ1) is 10.3. The van der Waals surface area contributed by atoms with Gasteiger partial charge < -0.3 is 10.6 Å². The second-order valence-electron chi connectivity index (χ2n) is 6.24. The Morgan fingerprint density at radius 2 is 2.05 bits per heavy atom. The molecule has 0 radical (unpaired) electrons. The minimum atomic E-state index is 0.0481. The van der Waals surface area contributed by atoms with Crippen molar-refractivity contribution in [3.8, 4) is 0 Å². The van der Waals surface area contributed by atoms with Crippen molar-refractivity contribution in [1.29, 1.82) is 0 Å². The van der Waals surface area contributed by atoms with Crippen LogP contribution in [0.25, 0.3) is 0 Å². The molecule has 0 bridgehead atoms. The van der Waals surface area contributed by atoms with Crippen molar-refractivity contribution in [2.45, 2.75) is 31.8 Å². The molecule has 2 heterocycles. The Morgan fingerprint density at radius 1 is 1.24 bits per heavy atom. The van der Waals surface area contributed by atoms with E-state index >= 15 is 0 Å². The maximum atomic E-state index is 12.5. The largest absolute Gasteiger partial charge is 0.354 e. The number of amides is 1. The number of carbonyl (C=O) groups is 1. The highest BCUT2D eigenvalue weighted by Crippen LogP contribution is 2.20. The Morgan fingerprint density at radius 3 is 2.76 bits per heavy atom. The molecule has 0 spiro atoms. The second kappa shape index (κ2) is 7.05. The topological polar surface area (TPSA) is 44.4 Å². The predicted octanol–water partition coefficient (Wildman–Crippen LogP) is 1.38. The molecule has 1 aromatic carbocycles. The van der Waals surface area contributed by atoms with E-state index in [-0.39, 0.29) is 11.9 Å². The van der Waals surface area contributed by atoms with Crippen LogP contribution < -0.4 is 10.6 Å². The summed E-state index contributed by atoms with van der Waals surface area (Å²) in [5.74, 6) is 0.845. The molecule has 4 nitrogen and oxygen atoms in total. The van der Waals surface area contributed by atoms with Gasteiger partial charge in [0.1, 0.15) is 0 Å². The minimum absolute atomic E-state index is 0.0481. The van der Waals surface area contributed by atoms with E-state index in [1.165, 1.54) is 12.0 Å². The Balaban J connectivity index is 1.56. The summed E-state index contributed by atoms with van der Waals surface area (Å²) in [6.07, 6.45) is 3.35. The molecule has 0 aliphatic carbocycles. The van der Waals surface area contributed by atoms with Gasteiger partial charge in [-0.05, 0) is 24.9 Å². The van der Waals surface area contributed by atoms with Gasteiger partial charge in [-0.1, -0.05) is 36.8 Å². The van der Waals surface area contributed by atoms with Gasteiger partial charge in [0.2, 0.25) is 5.91 Å². The zero-order valence-electron chi connectivity index (χ0n) is 12.6. The van der Waals surface area contributed by atoms with Crippen molar-refractivity contribution in [3.05, 3.63) is 35.9 Å². The summed E-state index contributed by atoms with van der Waals surface area (Å²) in [7, 11) is 0. The highest BCUT2D eigenvalue weighted by atomic mass is 16.2. The molecule has 1 unspecified atom stereocenters. The van der Waals surface area contributed by atoms with Crippen molar-refractivity contribution in [2.75, 3.05) is 26.2 Å². The average molecular weight is 287 g/mol. The summed E-state index contributed by atoms with van der Waals surface area (Å²) >= 11 is 0. The number of hydrogen-bond acceptors (Lipinski definition) is 3. The summed E-state index contributed by atoms with van der Waals surface area (Å²) in [5.41, 5.74) is 1.29. The number of likely N-dealkylation sites (tertiary alicyclic amines) is 1. The van der Waals surface area contributed by atoms with Crippen molar-refractivity contribution >= 4 is 5.91 Å². The molecule has 0 saturated carbocycles. The molecule has 1 atom stereocenters. The molecule has 1 amide bonds. The number of rotatable bonds is 5. The molecular formula is C17H25N3O. The Hall–Kier alpha value is -1.39. The smallest absolute Gasteiger partial charge is 0.237 e. The Labute approximate surface area is 126 Å². The molecule has 2 aliphatic rings. The lowest BCUT2D eigenvalue weighted by Gasteiger charge is -2.35. The molecule has 21 heavy (non-hydrogen) atoms. The van der Waals surface area contributed by atoms with E-state index in [1.807, 2.05) is 6.07 Å². The molecule has 2 fully saturated rings. The van der Waals surface area contributed by atoms with Gasteiger partial charge in [0.15, 0.2) is 0 Å². The zero-order chi connectivity index (χ0) is 14.5. The minimum Gasteiger partial charge on any atom is -0.354 e. The van der Waals surface area contributed by atoms with Gasteiger partial charge >= 0.3 is 0 Å². The van der Waals surface area contributed by atoms with Crippen LogP contribution in [0.5, 0.6) is 0 Å². The zero-order valence-corrected chi connectivity index (χ0v) is 12.6. The molecule has 0 aromatic heterocycles. The van der Waals surface area contributed by atoms with Crippen LogP contribution in [0.15, 0.2) is 30.3 Å². The summed E-state index contributed by atoms with van der Waals surface area (Å²) in [4.78, 5) is 14.8. The van der Waals surface area contributed by atoms with Gasteiger partial charge in [0.25, 0.3) is 0 Å². The maximum Gasteiger partial charge on any atom is 0.237 e. The van der Waals surface area contributed by atoms with Crippen LogP contribution in [0, 0.1) is 5.92 Å². The number of nitrogens with zero attached hydrogens (tertiary/aromatic N) is 1. The average Bonchev–Trinajstić information content (AvgIpc) is 2.47. The van der Waals surface area contributed by atoms with E-state index in [0.29, 0.717) is 5.92 Å². The summed E-state index contributed by atoms with van der Waals surface area (Å²) < 4.78 is 0. The van der Waals surface area contributed by atoms with Crippen LogP contribution in [0.4, 0.5) is 0 Å². The van der Waals surface area contributed by atoms with E-state index in [2.05, 4.69) is 39.8 Å². The SMILES string of the molecule is O=C(NCC1CNC1)C1CCCCN1Cc1ccccc1. The highest BCUT2D eigenvalue weighted by molar-refractivity contribution is 5.81. The lowest BCUT2D eigenvalue weighted by molar-refractivity contribution is -0.128. The van der Waals surface area contributed by atoms with Crippen LogP contribution in [0.2, 0.25) is 0 Å². The third kappa shape index (κ3) is 3.83. The standard InChI is InChI=1S/C17H25N3O/c21-17(19-12-15-10-18-11-15)16-8-4-5-9-20(16)13-14-6-2-1-3-7-14/h1-3,6-7,15-16,18H,4-5,8-13H2,(H,19,21). The molecule has 114 valence electrons. The number of carbonyl (C=O) groups excluding carboxylic acids is 1. The molecule has 3 rings (SSSR count). The second-order valence-corrected chi connectivity index (χ2v) is 6.24. The monoisotopic (exact) mass is 287 g/mol. The highest BCUT2D eigenvalue weighted by Gasteiger charge is 2.29. The van der Waals surface area contributed by atoms with E-state index in [4.69, 9.17) is 0 Å². The van der Waals surface area contributed by atoms with Crippen molar-refractivity contribution in [2.24, 2.45) is 5.92 Å². The summed E-state index contributed by atoms with van der Waals surface area (Å²) in [6, 6.07) is 10.5. The predicted molar refractivity (Wildman–Crippen MR) is 83.9 cm³/mol. The van der Waals surface area contributed by atoms with E-state index < -0.39 is 0 Å². The van der Waals surface area contributed by atoms with Crippen LogP contribution >= 0.6 is 0 Å². The van der Waals surface area contributed by atoms with E-state index in [9.17, 15) is 4.79 Å². The van der Waals surface area contributed by atoms with Gasteiger partial charge in [-0.25, -0.2) is 0 Å². The third-order valence-corrected chi connectivity index (χ3v) is 4.58. The van der Waals surface area contributed by atoms with Gasteiger partial charge in [0.05, 0.1) is 6.04 Å². The van der Waals surface area contributed by atoms with Crippen LogP contribution in [0.3, 0.4) is 0 Å². The number of benzene rings is 1. The first kappa shape index (κ1) is 14.5. The number of nitrogens with one attached hydrogen (secondary N) is 2. The van der Waals surface area contributed by atoms with Gasteiger partial charge in [-0.15, -0.1) is 0 Å². The van der Waals surface area contributed by atoms with Crippen LogP contribution in [-0.2, 0) is 11.3 Å². The molecular weight excluding hydrogens is 262 g/mol. The normalized spacial score (nSPS) is 23.5. The Bertz CT molecular complexity index is 458. The number of hydrogen-bond donors (Lipinski definition) is 2. The van der Waals surface area contributed by atoms with Gasteiger partial charge in [-0.3, -0.25) is 9.69 Å². The van der Waals surface area contributed by atoms with Crippen molar-refractivity contribution in [1.82, 2.24) is 15.5 Å². The van der Waals surface area contributed by atoms with Gasteiger partial charge in [-0.2, -0.15) is 0 Å². The maximum absolute atomic E-state index is 12.5. The summed E-state index contributed by atoms with van der Waals surface area (Å²) in [5, 5.41) is 6.39. The van der Waals surface area contributed by atoms with Gasteiger partial charge in [0, 0.05) is 32.1 Å². The van der Waals surface area contributed by atoms with Crippen LogP contribution in [0.1, 0.15) is 24.8 Å². The number of piperidine rings is 1. The lowest BCUT2D eigenvalue weighted by Crippen LogP contribution is -2.53. The van der Waals surface area contributed by atoms with Crippen molar-refractivity contribution < 1.29 is 4.79 Å². The Kier molecular flexibility index (Phi) is 4.88. The van der Waals surface area contributed by atoms with Crippen LogP contribution in [-0.4, -0.2) is 43.0 Å². The quantitative estimate of drug-likeness (QED) is 0.860. The lowest BCUT2D eigenvalue weighted by atomic mass is 9.99. The first-order valence-electron chi connectivity index (χ1n) is 8.09. The summed E-state index contributed by atoms with van der Waals surface area (Å²) in [6.45, 7) is 4.81. The fourth-order valence-electron chi connectivity index (χ4n) is 3.15. The van der Waals surface area contributed by atoms with E-state index in [1.54, 1.807) is 0 Å². The fourth-order valence-corrected chi connectivity index (χ4v) is 3.15. The molecule has 2 saturated heterocycles. The molecule has 4 heteroatoms. The molecule has 1 aromatic rings.